The molecular weight excluding hydrogens is 240 g/mol. The Morgan fingerprint density at radius 2 is 2.21 bits per heavy atom. The number of benzene rings is 1. The van der Waals surface area contributed by atoms with E-state index in [1.54, 1.807) is 0 Å². The zero-order valence-electron chi connectivity index (χ0n) is 11.6. The standard InChI is InChI=1S/C15H24N2O2/c1-2-8-19-14-5-3-4-13(11-14)15(17-16)12-6-9-18-10-7-12/h3-5,11-12,15,17H,2,6-10,16H2,1H3. The maximum Gasteiger partial charge on any atom is 0.119 e. The average molecular weight is 264 g/mol. The van der Waals surface area contributed by atoms with Gasteiger partial charge >= 0.3 is 0 Å². The summed E-state index contributed by atoms with van der Waals surface area (Å²) >= 11 is 0. The summed E-state index contributed by atoms with van der Waals surface area (Å²) in [5, 5.41) is 0. The first kappa shape index (κ1) is 14.3. The van der Waals surface area contributed by atoms with Crippen LogP contribution in [0.4, 0.5) is 0 Å². The van der Waals surface area contributed by atoms with Crippen molar-refractivity contribution in [3.63, 3.8) is 0 Å². The predicted molar refractivity (Wildman–Crippen MR) is 75.8 cm³/mol. The Kier molecular flexibility index (Phi) is 5.63. The zero-order chi connectivity index (χ0) is 13.5. The van der Waals surface area contributed by atoms with E-state index in [0.29, 0.717) is 5.92 Å². The van der Waals surface area contributed by atoms with Crippen LogP contribution in [0.25, 0.3) is 0 Å². The van der Waals surface area contributed by atoms with Gasteiger partial charge in [0.15, 0.2) is 0 Å². The summed E-state index contributed by atoms with van der Waals surface area (Å²) in [7, 11) is 0. The molecule has 1 fully saturated rings. The van der Waals surface area contributed by atoms with Gasteiger partial charge < -0.3 is 9.47 Å². The van der Waals surface area contributed by atoms with Gasteiger partial charge in [0.05, 0.1) is 6.61 Å². The van der Waals surface area contributed by atoms with Crippen molar-refractivity contribution in [2.24, 2.45) is 11.8 Å². The highest BCUT2D eigenvalue weighted by Crippen LogP contribution is 2.31. The molecule has 19 heavy (non-hydrogen) atoms. The van der Waals surface area contributed by atoms with Crippen LogP contribution in [0.5, 0.6) is 5.75 Å². The molecule has 1 heterocycles. The van der Waals surface area contributed by atoms with E-state index < -0.39 is 0 Å². The number of nitrogens with one attached hydrogen (secondary N) is 1. The maximum absolute atomic E-state index is 5.75. The van der Waals surface area contributed by atoms with Crippen LogP contribution in [-0.2, 0) is 4.74 Å². The second kappa shape index (κ2) is 7.48. The third-order valence-corrected chi connectivity index (χ3v) is 3.61. The first-order valence-electron chi connectivity index (χ1n) is 7.11. The first-order valence-corrected chi connectivity index (χ1v) is 7.11. The van der Waals surface area contributed by atoms with Crippen LogP contribution in [-0.4, -0.2) is 19.8 Å². The summed E-state index contributed by atoms with van der Waals surface area (Å²) in [6.45, 7) is 4.52. The molecule has 1 unspecified atom stereocenters. The fourth-order valence-electron chi connectivity index (χ4n) is 2.57. The summed E-state index contributed by atoms with van der Waals surface area (Å²) in [5.41, 5.74) is 4.16. The summed E-state index contributed by atoms with van der Waals surface area (Å²) in [6.07, 6.45) is 3.12. The van der Waals surface area contributed by atoms with Gasteiger partial charge in [0.1, 0.15) is 5.75 Å². The molecule has 0 bridgehead atoms. The van der Waals surface area contributed by atoms with Crippen LogP contribution in [0.3, 0.4) is 0 Å². The van der Waals surface area contributed by atoms with Gasteiger partial charge in [0, 0.05) is 19.3 Å². The fourth-order valence-corrected chi connectivity index (χ4v) is 2.57. The molecule has 0 aromatic heterocycles. The van der Waals surface area contributed by atoms with Crippen molar-refractivity contribution in [1.29, 1.82) is 0 Å². The average Bonchev–Trinajstić information content (AvgIpc) is 2.47. The van der Waals surface area contributed by atoms with E-state index in [-0.39, 0.29) is 6.04 Å². The molecule has 1 atom stereocenters. The SMILES string of the molecule is CCCOc1cccc(C(NN)C2CCOCC2)c1. The fraction of sp³-hybridized carbons (Fsp3) is 0.600. The van der Waals surface area contributed by atoms with Crippen LogP contribution >= 0.6 is 0 Å². The lowest BCUT2D eigenvalue weighted by Gasteiger charge is -2.30. The van der Waals surface area contributed by atoms with Crippen molar-refractivity contribution in [3.05, 3.63) is 29.8 Å². The summed E-state index contributed by atoms with van der Waals surface area (Å²) in [5.74, 6) is 7.20. The predicted octanol–water partition coefficient (Wildman–Crippen LogP) is 2.41. The quantitative estimate of drug-likeness (QED) is 0.612. The molecule has 2 rings (SSSR count). The number of rotatable bonds is 6. The molecule has 0 spiro atoms. The third-order valence-electron chi connectivity index (χ3n) is 3.61. The molecule has 3 N–H and O–H groups in total. The lowest BCUT2D eigenvalue weighted by molar-refractivity contribution is 0.0536. The molecule has 0 aliphatic carbocycles. The van der Waals surface area contributed by atoms with Crippen LogP contribution in [0, 0.1) is 5.92 Å². The van der Waals surface area contributed by atoms with Gasteiger partial charge in [0.2, 0.25) is 0 Å². The van der Waals surface area contributed by atoms with Crippen molar-refractivity contribution in [1.82, 2.24) is 5.43 Å². The van der Waals surface area contributed by atoms with Gasteiger partial charge in [-0.15, -0.1) is 0 Å². The van der Waals surface area contributed by atoms with Crippen LogP contribution in [0.15, 0.2) is 24.3 Å². The molecule has 0 amide bonds. The monoisotopic (exact) mass is 264 g/mol. The number of hydrazine groups is 1. The molecular formula is C15H24N2O2. The molecule has 1 aromatic carbocycles. The molecule has 1 aliphatic heterocycles. The highest BCUT2D eigenvalue weighted by Gasteiger charge is 2.24. The Labute approximate surface area is 115 Å². The van der Waals surface area contributed by atoms with E-state index >= 15 is 0 Å². The molecule has 1 aromatic rings. The Morgan fingerprint density at radius 1 is 1.42 bits per heavy atom. The van der Waals surface area contributed by atoms with E-state index in [9.17, 15) is 0 Å². The van der Waals surface area contributed by atoms with E-state index in [1.165, 1.54) is 5.56 Å². The number of nitrogens with two attached hydrogens (primary N) is 1. The Morgan fingerprint density at radius 3 is 2.89 bits per heavy atom. The molecule has 4 nitrogen and oxygen atoms in total. The molecule has 106 valence electrons. The first-order chi connectivity index (χ1) is 9.35. The van der Waals surface area contributed by atoms with Gasteiger partial charge in [-0.25, -0.2) is 0 Å². The minimum atomic E-state index is 0.175. The molecule has 0 saturated carbocycles. The van der Waals surface area contributed by atoms with E-state index in [1.807, 2.05) is 12.1 Å². The number of ether oxygens (including phenoxy) is 2. The van der Waals surface area contributed by atoms with Crippen molar-refractivity contribution in [3.8, 4) is 5.75 Å². The second-order valence-electron chi connectivity index (χ2n) is 5.02. The largest absolute Gasteiger partial charge is 0.494 e. The van der Waals surface area contributed by atoms with Gasteiger partial charge in [0.25, 0.3) is 0 Å². The van der Waals surface area contributed by atoms with Gasteiger partial charge in [-0.2, -0.15) is 0 Å². The second-order valence-corrected chi connectivity index (χ2v) is 5.02. The van der Waals surface area contributed by atoms with Gasteiger partial charge in [-0.05, 0) is 42.9 Å². The van der Waals surface area contributed by atoms with Crippen LogP contribution < -0.4 is 16.0 Å². The normalized spacial score (nSPS) is 18.2. The minimum absolute atomic E-state index is 0.175. The van der Waals surface area contributed by atoms with Crippen molar-refractivity contribution in [2.45, 2.75) is 32.2 Å². The molecule has 0 radical (unpaired) electrons. The molecule has 1 aliphatic rings. The lowest BCUT2D eigenvalue weighted by atomic mass is 9.87. The van der Waals surface area contributed by atoms with Crippen molar-refractivity contribution in [2.75, 3.05) is 19.8 Å². The summed E-state index contributed by atoms with van der Waals surface area (Å²) in [4.78, 5) is 0. The zero-order valence-corrected chi connectivity index (χ0v) is 11.6. The summed E-state index contributed by atoms with van der Waals surface area (Å²) in [6, 6.07) is 8.41. The lowest BCUT2D eigenvalue weighted by Crippen LogP contribution is -2.36. The Balaban J connectivity index is 2.08. The smallest absolute Gasteiger partial charge is 0.119 e. The Hall–Kier alpha value is -1.10. The number of hydrogen-bond acceptors (Lipinski definition) is 4. The minimum Gasteiger partial charge on any atom is -0.494 e. The highest BCUT2D eigenvalue weighted by molar-refractivity contribution is 5.31. The van der Waals surface area contributed by atoms with E-state index in [0.717, 1.165) is 44.8 Å². The van der Waals surface area contributed by atoms with E-state index in [2.05, 4.69) is 24.5 Å². The molecule has 1 saturated heterocycles. The van der Waals surface area contributed by atoms with E-state index in [4.69, 9.17) is 15.3 Å². The highest BCUT2D eigenvalue weighted by atomic mass is 16.5. The summed E-state index contributed by atoms with van der Waals surface area (Å²) < 4.78 is 11.1. The van der Waals surface area contributed by atoms with Gasteiger partial charge in [-0.1, -0.05) is 19.1 Å². The molecule has 4 heteroatoms. The van der Waals surface area contributed by atoms with Crippen LogP contribution in [0.1, 0.15) is 37.8 Å². The number of hydrogen-bond donors (Lipinski definition) is 2. The third kappa shape index (κ3) is 3.93. The topological polar surface area (TPSA) is 56.5 Å². The Bertz CT molecular complexity index is 378. The maximum atomic E-state index is 5.75. The van der Waals surface area contributed by atoms with Crippen LogP contribution in [0.2, 0.25) is 0 Å². The van der Waals surface area contributed by atoms with Crippen molar-refractivity contribution < 1.29 is 9.47 Å². The van der Waals surface area contributed by atoms with Crippen molar-refractivity contribution >= 4 is 0 Å². The van der Waals surface area contributed by atoms with Gasteiger partial charge in [-0.3, -0.25) is 11.3 Å².